The van der Waals surface area contributed by atoms with Gasteiger partial charge in [0, 0.05) is 42.7 Å². The van der Waals surface area contributed by atoms with Crippen molar-refractivity contribution >= 4 is 37.6 Å². The molecule has 5 nitrogen and oxygen atoms in total. The van der Waals surface area contributed by atoms with Crippen molar-refractivity contribution in [2.45, 2.75) is 13.3 Å². The van der Waals surface area contributed by atoms with Crippen molar-refractivity contribution in [1.29, 1.82) is 0 Å². The number of aromatic nitrogens is 1. The molecule has 4 N–H and O–H groups in total. The average Bonchev–Trinajstić information content (AvgIpc) is 3.30. The van der Waals surface area contributed by atoms with Crippen LogP contribution >= 0.6 is 0 Å². The molecule has 31 heavy (non-hydrogen) atoms. The fourth-order valence-corrected chi connectivity index (χ4v) is 3.47. The Morgan fingerprint density at radius 3 is 2.52 bits per heavy atom. The van der Waals surface area contributed by atoms with E-state index in [4.69, 9.17) is 18.8 Å². The Labute approximate surface area is 183 Å². The number of likely N-dealkylation sites (N-methyl/N-ethyl adjacent to an activating group) is 1. The zero-order valence-electron chi connectivity index (χ0n) is 17.9. The molecule has 0 unspecified atom stereocenters. The van der Waals surface area contributed by atoms with Gasteiger partial charge in [-0.25, -0.2) is 0 Å². The lowest BCUT2D eigenvalue weighted by molar-refractivity contribution is -0.294. The molecule has 0 saturated heterocycles. The van der Waals surface area contributed by atoms with E-state index in [0.29, 0.717) is 13.1 Å². The maximum absolute atomic E-state index is 9.06. The minimum absolute atomic E-state index is 0. The summed E-state index contributed by atoms with van der Waals surface area (Å²) in [5.74, 6) is 0. The van der Waals surface area contributed by atoms with Crippen molar-refractivity contribution in [3.63, 3.8) is 0 Å². The highest BCUT2D eigenvalue weighted by Crippen LogP contribution is 2.27. The number of nitrogens with one attached hydrogen (secondary N) is 1. The lowest BCUT2D eigenvalue weighted by Crippen LogP contribution is -2.20. The first-order chi connectivity index (χ1) is 14.0. The van der Waals surface area contributed by atoms with Crippen molar-refractivity contribution < 1.29 is 19.0 Å². The van der Waals surface area contributed by atoms with Crippen molar-refractivity contribution in [1.82, 2.24) is 4.98 Å². The Balaban J connectivity index is 0.00000240. The minimum atomic E-state index is 0. The number of anilines is 1. The van der Waals surface area contributed by atoms with Gasteiger partial charge in [0.15, 0.2) is 5.70 Å². The summed E-state index contributed by atoms with van der Waals surface area (Å²) in [4.78, 5) is 5.54. The molecule has 0 bridgehead atoms. The third-order valence-electron chi connectivity index (χ3n) is 5.04. The molecule has 2 heterocycles. The van der Waals surface area contributed by atoms with Gasteiger partial charge in [-0.05, 0) is 55.3 Å². The van der Waals surface area contributed by atoms with E-state index in [-0.39, 0.29) is 16.0 Å². The molecule has 0 atom stereocenters. The number of aliphatic hydroxyl groups excluding tert-OH is 1. The number of hydrogen-bond donors (Lipinski definition) is 3. The molecular weight excluding hydrogens is 397 g/mol. The van der Waals surface area contributed by atoms with Gasteiger partial charge in [0.1, 0.15) is 6.21 Å². The molecular formula is C23H30BF2N4O+. The highest BCUT2D eigenvalue weighted by molar-refractivity contribution is 6.01. The number of rotatable bonds is 8. The van der Waals surface area contributed by atoms with Gasteiger partial charge in [0.2, 0.25) is 0 Å². The number of allylic oxidation sites excluding steroid dienone is 2. The van der Waals surface area contributed by atoms with Gasteiger partial charge in [0.25, 0.3) is 0 Å². The van der Waals surface area contributed by atoms with Crippen LogP contribution in [0.2, 0.25) is 0 Å². The number of aryl methyl sites for hydroxylation is 1. The van der Waals surface area contributed by atoms with E-state index in [1.165, 1.54) is 0 Å². The minimum Gasteiger partial charge on any atom is -0.395 e. The number of H-pyrrole nitrogens is 1. The molecule has 1 aliphatic rings. The van der Waals surface area contributed by atoms with E-state index in [1.807, 2.05) is 30.3 Å². The molecule has 0 spiro atoms. The van der Waals surface area contributed by atoms with Gasteiger partial charge in [-0.3, -0.25) is 13.9 Å². The maximum atomic E-state index is 9.06. The van der Waals surface area contributed by atoms with Crippen LogP contribution in [0.1, 0.15) is 28.9 Å². The van der Waals surface area contributed by atoms with Crippen LogP contribution in [-0.2, 0) is 0 Å². The molecule has 0 fully saturated rings. The van der Waals surface area contributed by atoms with Gasteiger partial charge in [-0.15, -0.1) is 0 Å². The predicted octanol–water partition coefficient (Wildman–Crippen LogP) is 3.02. The van der Waals surface area contributed by atoms with Crippen LogP contribution in [0.3, 0.4) is 0 Å². The van der Waals surface area contributed by atoms with Crippen molar-refractivity contribution in [2.75, 3.05) is 31.6 Å². The molecule has 8 heteroatoms. The number of nitrogens with two attached hydrogens (primary N) is 1. The zero-order chi connectivity index (χ0) is 20.8. The summed E-state index contributed by atoms with van der Waals surface area (Å²) >= 11 is 0. The number of halogens is 2. The smallest absolute Gasteiger partial charge is 0.395 e. The molecule has 2 aromatic rings. The van der Waals surface area contributed by atoms with Gasteiger partial charge in [-0.1, -0.05) is 18.2 Å². The van der Waals surface area contributed by atoms with E-state index >= 15 is 0 Å². The second kappa shape index (κ2) is 12.0. The highest BCUT2D eigenvalue weighted by atomic mass is 19.0. The van der Waals surface area contributed by atoms with Gasteiger partial charge in [-0.2, -0.15) is 0 Å². The van der Waals surface area contributed by atoms with Gasteiger partial charge < -0.3 is 20.7 Å². The summed E-state index contributed by atoms with van der Waals surface area (Å²) in [7, 11) is 8.03. The first-order valence-electron chi connectivity index (χ1n) is 9.82. The van der Waals surface area contributed by atoms with E-state index in [9.17, 15) is 0 Å². The predicted molar refractivity (Wildman–Crippen MR) is 128 cm³/mol. The van der Waals surface area contributed by atoms with E-state index in [2.05, 4.69) is 54.4 Å². The summed E-state index contributed by atoms with van der Waals surface area (Å²) < 4.78 is 1.64. The number of benzene rings is 1. The molecule has 0 aliphatic carbocycles. The summed E-state index contributed by atoms with van der Waals surface area (Å²) in [6.45, 7) is 3.41. The Morgan fingerprint density at radius 1 is 1.23 bits per heavy atom. The SMILES string of the molecule is F.F.[B][N+]1=CC=CC1=C(CCN)c1[nH]c(/C=C/c2ccc(N(C)CCO)cc2)cc1C. The second-order valence-electron chi connectivity index (χ2n) is 7.17. The monoisotopic (exact) mass is 427 g/mol. The number of aliphatic hydroxyl groups is 1. The fourth-order valence-electron chi connectivity index (χ4n) is 3.47. The Bertz CT molecular complexity index is 978. The van der Waals surface area contributed by atoms with Gasteiger partial charge in [0.05, 0.1) is 12.3 Å². The van der Waals surface area contributed by atoms with Crippen LogP contribution in [0.4, 0.5) is 15.1 Å². The maximum Gasteiger partial charge on any atom is 0.586 e. The summed E-state index contributed by atoms with van der Waals surface area (Å²) in [5, 5.41) is 9.06. The standard InChI is InChI=1S/C23H28BN4O.2FH/c1-17-16-19(8-5-18-6-9-20(10-7-18)27(2)14-15-29)26-23(17)21(11-12-25)22-4-3-13-28(22)24;;/h3-10,13,16,26,29H,11-12,14-15,25H2,1-2H3;2*1H/q+1;;. The summed E-state index contributed by atoms with van der Waals surface area (Å²) in [6, 6.07) is 10.4. The van der Waals surface area contributed by atoms with Gasteiger partial charge >= 0.3 is 7.98 Å². The Morgan fingerprint density at radius 2 is 1.94 bits per heavy atom. The molecule has 2 radical (unpaired) electrons. The summed E-state index contributed by atoms with van der Waals surface area (Å²) in [5.41, 5.74) is 13.4. The molecule has 1 aromatic carbocycles. The first-order valence-corrected chi connectivity index (χ1v) is 9.82. The van der Waals surface area contributed by atoms with Crippen LogP contribution in [0.25, 0.3) is 17.7 Å². The largest absolute Gasteiger partial charge is 0.586 e. The van der Waals surface area contributed by atoms with Crippen LogP contribution in [0, 0.1) is 6.92 Å². The number of hydrogen-bond acceptors (Lipinski definition) is 3. The van der Waals surface area contributed by atoms with E-state index < -0.39 is 0 Å². The topological polar surface area (TPSA) is 68.3 Å². The lowest BCUT2D eigenvalue weighted by Gasteiger charge is -2.17. The zero-order valence-corrected chi connectivity index (χ0v) is 17.9. The summed E-state index contributed by atoms with van der Waals surface area (Å²) in [6.07, 6.45) is 10.7. The third kappa shape index (κ3) is 6.26. The van der Waals surface area contributed by atoms with Crippen molar-refractivity contribution in [3.8, 4) is 0 Å². The third-order valence-corrected chi connectivity index (χ3v) is 5.04. The van der Waals surface area contributed by atoms with Crippen LogP contribution in [0.5, 0.6) is 0 Å². The molecule has 1 aliphatic heterocycles. The molecule has 3 rings (SSSR count). The first kappa shape index (κ1) is 26.1. The Kier molecular flexibility index (Phi) is 10.1. The van der Waals surface area contributed by atoms with Crippen LogP contribution in [-0.4, -0.2) is 55.5 Å². The number of nitrogens with zero attached hydrogens (tertiary/aromatic N) is 2. The van der Waals surface area contributed by atoms with Crippen LogP contribution < -0.4 is 10.6 Å². The Hall–Kier alpha value is -2.97. The average molecular weight is 427 g/mol. The number of aromatic amines is 1. The normalized spacial score (nSPS) is 14.3. The van der Waals surface area contributed by atoms with Crippen LogP contribution in [0.15, 0.2) is 48.2 Å². The highest BCUT2D eigenvalue weighted by Gasteiger charge is 2.20. The molecule has 164 valence electrons. The van der Waals surface area contributed by atoms with Crippen molar-refractivity contribution in [2.24, 2.45) is 5.73 Å². The van der Waals surface area contributed by atoms with Crippen molar-refractivity contribution in [3.05, 3.63) is 70.7 Å². The second-order valence-corrected chi connectivity index (χ2v) is 7.17. The molecule has 1 aromatic heterocycles. The lowest BCUT2D eigenvalue weighted by atomic mass is 10.0. The van der Waals surface area contributed by atoms with E-state index in [0.717, 1.165) is 45.9 Å². The van der Waals surface area contributed by atoms with E-state index in [1.54, 1.807) is 4.49 Å². The molecule has 0 saturated carbocycles. The fraction of sp³-hybridized carbons (Fsp3) is 0.261. The quantitative estimate of drug-likeness (QED) is 0.568. The molecule has 0 amide bonds.